The molecular formula is C10H20N2O4. The van der Waals surface area contributed by atoms with Gasteiger partial charge in [0, 0.05) is 20.1 Å². The minimum Gasteiger partial charge on any atom is -0.480 e. The van der Waals surface area contributed by atoms with Crippen molar-refractivity contribution in [1.82, 2.24) is 5.32 Å². The van der Waals surface area contributed by atoms with Crippen molar-refractivity contribution >= 4 is 11.9 Å². The van der Waals surface area contributed by atoms with Gasteiger partial charge in [-0.05, 0) is 6.42 Å². The van der Waals surface area contributed by atoms with Crippen molar-refractivity contribution in [3.05, 3.63) is 0 Å². The summed E-state index contributed by atoms with van der Waals surface area (Å²) in [5.41, 5.74) is 5.57. The third-order valence-corrected chi connectivity index (χ3v) is 2.16. The Labute approximate surface area is 95.1 Å². The van der Waals surface area contributed by atoms with Gasteiger partial charge < -0.3 is 20.9 Å². The van der Waals surface area contributed by atoms with Crippen molar-refractivity contribution in [3.8, 4) is 0 Å². The van der Waals surface area contributed by atoms with E-state index in [1.165, 1.54) is 7.11 Å². The first-order valence-corrected chi connectivity index (χ1v) is 5.30. The highest BCUT2D eigenvalue weighted by Gasteiger charge is 2.22. The average Bonchev–Trinajstić information content (AvgIpc) is 2.23. The summed E-state index contributed by atoms with van der Waals surface area (Å²) in [6, 6.07) is -1.58. The minimum atomic E-state index is -1.07. The van der Waals surface area contributed by atoms with Gasteiger partial charge in [0.05, 0.1) is 6.04 Å². The zero-order valence-electron chi connectivity index (χ0n) is 9.73. The van der Waals surface area contributed by atoms with Gasteiger partial charge in [0.2, 0.25) is 5.91 Å². The quantitative estimate of drug-likeness (QED) is 0.534. The van der Waals surface area contributed by atoms with E-state index in [1.54, 1.807) is 0 Å². The molecule has 0 rings (SSSR count). The highest BCUT2D eigenvalue weighted by molar-refractivity contribution is 5.86. The summed E-state index contributed by atoms with van der Waals surface area (Å²) in [4.78, 5) is 22.3. The Bertz CT molecular complexity index is 233. The largest absolute Gasteiger partial charge is 0.480 e. The summed E-state index contributed by atoms with van der Waals surface area (Å²) in [6.07, 6.45) is 1.56. The zero-order valence-corrected chi connectivity index (χ0v) is 9.73. The molecule has 6 nitrogen and oxygen atoms in total. The lowest BCUT2D eigenvalue weighted by atomic mass is 10.1. The Hall–Kier alpha value is -1.14. The van der Waals surface area contributed by atoms with Crippen LogP contribution in [0.3, 0.4) is 0 Å². The van der Waals surface area contributed by atoms with Gasteiger partial charge in [-0.15, -0.1) is 0 Å². The van der Waals surface area contributed by atoms with Crippen molar-refractivity contribution in [2.75, 3.05) is 13.7 Å². The molecule has 0 aliphatic rings. The first kappa shape index (κ1) is 14.9. The van der Waals surface area contributed by atoms with Crippen molar-refractivity contribution in [2.24, 2.45) is 5.73 Å². The molecule has 1 amide bonds. The Morgan fingerprint density at radius 3 is 2.50 bits per heavy atom. The number of hydrogen-bond acceptors (Lipinski definition) is 4. The van der Waals surface area contributed by atoms with Crippen LogP contribution >= 0.6 is 0 Å². The Morgan fingerprint density at radius 1 is 1.44 bits per heavy atom. The Balaban J connectivity index is 4.17. The molecule has 2 atom stereocenters. The van der Waals surface area contributed by atoms with E-state index in [1.807, 2.05) is 6.92 Å². The van der Waals surface area contributed by atoms with Crippen molar-refractivity contribution in [3.63, 3.8) is 0 Å². The van der Waals surface area contributed by atoms with Gasteiger partial charge in [-0.2, -0.15) is 0 Å². The van der Waals surface area contributed by atoms with Crippen molar-refractivity contribution in [1.29, 1.82) is 0 Å². The van der Waals surface area contributed by atoms with Gasteiger partial charge in [-0.1, -0.05) is 13.3 Å². The molecule has 0 aromatic carbocycles. The van der Waals surface area contributed by atoms with Crippen LogP contribution in [0, 0.1) is 0 Å². The number of nitrogens with two attached hydrogens (primary N) is 1. The molecule has 0 saturated carbocycles. The van der Waals surface area contributed by atoms with Crippen LogP contribution in [0.5, 0.6) is 0 Å². The fraction of sp³-hybridized carbons (Fsp3) is 0.800. The number of nitrogens with one attached hydrogen (secondary N) is 1. The van der Waals surface area contributed by atoms with Crippen molar-refractivity contribution < 1.29 is 19.4 Å². The molecule has 0 aliphatic carbocycles. The number of carboxylic acids is 1. The maximum atomic E-state index is 11.5. The highest BCUT2D eigenvalue weighted by Crippen LogP contribution is 1.97. The topological polar surface area (TPSA) is 102 Å². The van der Waals surface area contributed by atoms with Crippen LogP contribution in [0.2, 0.25) is 0 Å². The van der Waals surface area contributed by atoms with Crippen molar-refractivity contribution in [2.45, 2.75) is 38.3 Å². The van der Waals surface area contributed by atoms with Crippen LogP contribution in [0.25, 0.3) is 0 Å². The van der Waals surface area contributed by atoms with E-state index >= 15 is 0 Å². The number of carboxylic acid groups (broad SMARTS) is 1. The molecule has 0 aliphatic heterocycles. The van der Waals surface area contributed by atoms with E-state index in [0.29, 0.717) is 6.42 Å². The monoisotopic (exact) mass is 232 g/mol. The van der Waals surface area contributed by atoms with Crippen LogP contribution in [0.1, 0.15) is 26.2 Å². The van der Waals surface area contributed by atoms with E-state index in [9.17, 15) is 9.59 Å². The van der Waals surface area contributed by atoms with E-state index in [4.69, 9.17) is 15.6 Å². The molecule has 6 heteroatoms. The van der Waals surface area contributed by atoms with E-state index < -0.39 is 24.0 Å². The average molecular weight is 232 g/mol. The third-order valence-electron chi connectivity index (χ3n) is 2.16. The van der Waals surface area contributed by atoms with Gasteiger partial charge in [0.25, 0.3) is 0 Å². The number of rotatable bonds is 8. The second kappa shape index (κ2) is 8.06. The molecule has 0 aromatic rings. The van der Waals surface area contributed by atoms with Gasteiger partial charge >= 0.3 is 5.97 Å². The van der Waals surface area contributed by atoms with Crippen LogP contribution < -0.4 is 11.1 Å². The molecule has 94 valence electrons. The summed E-state index contributed by atoms with van der Waals surface area (Å²) in [5.74, 6) is -1.50. The standard InChI is InChI=1S/C10H20N2O4/c1-3-4-7(11)9(13)12-8(10(14)15)5-6-16-2/h7-8H,3-6,11H2,1-2H3,(H,12,13)(H,14,15)/t7-,8?/m0/s1. The number of methoxy groups -OCH3 is 1. The number of amides is 1. The summed E-state index contributed by atoms with van der Waals surface area (Å²) in [7, 11) is 1.48. The van der Waals surface area contributed by atoms with E-state index in [0.717, 1.165) is 6.42 Å². The molecule has 0 radical (unpaired) electrons. The number of hydrogen-bond donors (Lipinski definition) is 3. The van der Waals surface area contributed by atoms with Gasteiger partial charge in [-0.25, -0.2) is 4.79 Å². The van der Waals surface area contributed by atoms with Crippen LogP contribution in [0.4, 0.5) is 0 Å². The normalized spacial score (nSPS) is 14.2. The Kier molecular flexibility index (Phi) is 7.49. The smallest absolute Gasteiger partial charge is 0.326 e. The summed E-state index contributed by atoms with van der Waals surface area (Å²) < 4.78 is 4.77. The summed E-state index contributed by atoms with van der Waals surface area (Å²) in [5, 5.41) is 11.2. The molecule has 0 heterocycles. The predicted molar refractivity (Wildman–Crippen MR) is 58.9 cm³/mol. The summed E-state index contributed by atoms with van der Waals surface area (Å²) in [6.45, 7) is 2.19. The Morgan fingerprint density at radius 2 is 2.06 bits per heavy atom. The number of carbonyl (C=O) groups excluding carboxylic acids is 1. The fourth-order valence-electron chi connectivity index (χ4n) is 1.21. The molecule has 0 saturated heterocycles. The maximum absolute atomic E-state index is 11.5. The first-order chi connectivity index (χ1) is 7.52. The number of aliphatic carboxylic acids is 1. The summed E-state index contributed by atoms with van der Waals surface area (Å²) >= 11 is 0. The molecule has 1 unspecified atom stereocenters. The van der Waals surface area contributed by atoms with E-state index in [2.05, 4.69) is 5.32 Å². The lowest BCUT2D eigenvalue weighted by molar-refractivity contribution is -0.142. The van der Waals surface area contributed by atoms with Crippen LogP contribution in [0.15, 0.2) is 0 Å². The maximum Gasteiger partial charge on any atom is 0.326 e. The highest BCUT2D eigenvalue weighted by atomic mass is 16.5. The lowest BCUT2D eigenvalue weighted by Gasteiger charge is -2.17. The SMILES string of the molecule is CCC[C@H](N)C(=O)NC(CCOC)C(=O)O. The molecular weight excluding hydrogens is 212 g/mol. The first-order valence-electron chi connectivity index (χ1n) is 5.30. The molecule has 0 aromatic heterocycles. The number of ether oxygens (including phenoxy) is 1. The van der Waals surface area contributed by atoms with Gasteiger partial charge in [-0.3, -0.25) is 4.79 Å². The molecule has 0 bridgehead atoms. The second-order valence-corrected chi connectivity index (χ2v) is 3.58. The zero-order chi connectivity index (χ0) is 12.6. The predicted octanol–water partition coefficient (Wildman–Crippen LogP) is -0.280. The van der Waals surface area contributed by atoms with Crippen LogP contribution in [-0.2, 0) is 14.3 Å². The van der Waals surface area contributed by atoms with Gasteiger partial charge in [0.1, 0.15) is 6.04 Å². The fourth-order valence-corrected chi connectivity index (χ4v) is 1.21. The molecule has 0 spiro atoms. The lowest BCUT2D eigenvalue weighted by Crippen LogP contribution is -2.48. The minimum absolute atomic E-state index is 0.233. The molecule has 0 fully saturated rings. The van der Waals surface area contributed by atoms with Gasteiger partial charge in [0.15, 0.2) is 0 Å². The molecule has 4 N–H and O–H groups in total. The number of carbonyl (C=O) groups is 2. The van der Waals surface area contributed by atoms with Crippen LogP contribution in [-0.4, -0.2) is 42.8 Å². The van der Waals surface area contributed by atoms with E-state index in [-0.39, 0.29) is 13.0 Å². The molecule has 16 heavy (non-hydrogen) atoms. The second-order valence-electron chi connectivity index (χ2n) is 3.58. The third kappa shape index (κ3) is 5.67.